The van der Waals surface area contributed by atoms with E-state index in [2.05, 4.69) is 4.98 Å². The van der Waals surface area contributed by atoms with E-state index < -0.39 is 11.9 Å². The SMILES string of the molecule is COCCC(C)C(O)c1ccncc1F. The lowest BCUT2D eigenvalue weighted by atomic mass is 9.95. The number of rotatable bonds is 5. The summed E-state index contributed by atoms with van der Waals surface area (Å²) in [5.74, 6) is -0.504. The first kappa shape index (κ1) is 12.1. The van der Waals surface area contributed by atoms with Gasteiger partial charge in [-0.1, -0.05) is 6.92 Å². The maximum absolute atomic E-state index is 13.3. The molecule has 0 radical (unpaired) electrons. The van der Waals surface area contributed by atoms with Crippen LogP contribution in [0.15, 0.2) is 18.5 Å². The van der Waals surface area contributed by atoms with Crippen molar-refractivity contribution in [1.29, 1.82) is 0 Å². The van der Waals surface area contributed by atoms with Crippen molar-refractivity contribution in [1.82, 2.24) is 4.98 Å². The van der Waals surface area contributed by atoms with Gasteiger partial charge in [0.15, 0.2) is 0 Å². The van der Waals surface area contributed by atoms with Crippen molar-refractivity contribution < 1.29 is 14.2 Å². The smallest absolute Gasteiger partial charge is 0.147 e. The lowest BCUT2D eigenvalue weighted by molar-refractivity contribution is 0.0857. The van der Waals surface area contributed by atoms with E-state index in [-0.39, 0.29) is 5.92 Å². The summed E-state index contributed by atoms with van der Waals surface area (Å²) >= 11 is 0. The van der Waals surface area contributed by atoms with Crippen LogP contribution in [-0.2, 0) is 4.74 Å². The van der Waals surface area contributed by atoms with Crippen LogP contribution < -0.4 is 0 Å². The summed E-state index contributed by atoms with van der Waals surface area (Å²) in [4.78, 5) is 3.64. The lowest BCUT2D eigenvalue weighted by Gasteiger charge is -2.18. The Hall–Kier alpha value is -1.00. The third-order valence-corrected chi connectivity index (χ3v) is 2.44. The van der Waals surface area contributed by atoms with Gasteiger partial charge >= 0.3 is 0 Å². The first-order chi connectivity index (χ1) is 7.16. The van der Waals surface area contributed by atoms with Crippen molar-refractivity contribution in [2.45, 2.75) is 19.4 Å². The van der Waals surface area contributed by atoms with E-state index in [4.69, 9.17) is 4.74 Å². The molecule has 84 valence electrons. The minimum absolute atomic E-state index is 0.0400. The zero-order valence-corrected chi connectivity index (χ0v) is 8.98. The third kappa shape index (κ3) is 3.25. The van der Waals surface area contributed by atoms with Crippen molar-refractivity contribution in [2.75, 3.05) is 13.7 Å². The van der Waals surface area contributed by atoms with E-state index in [0.717, 1.165) is 6.20 Å². The van der Waals surface area contributed by atoms with Crippen molar-refractivity contribution in [3.8, 4) is 0 Å². The van der Waals surface area contributed by atoms with Gasteiger partial charge in [-0.25, -0.2) is 4.39 Å². The number of aliphatic hydroxyl groups is 1. The molecule has 2 unspecified atom stereocenters. The van der Waals surface area contributed by atoms with E-state index in [9.17, 15) is 9.50 Å². The Morgan fingerprint density at radius 1 is 1.60 bits per heavy atom. The molecule has 3 nitrogen and oxygen atoms in total. The molecular formula is C11H16FNO2. The monoisotopic (exact) mass is 213 g/mol. The summed E-state index contributed by atoms with van der Waals surface area (Å²) in [5, 5.41) is 9.87. The molecule has 1 rings (SSSR count). The summed E-state index contributed by atoms with van der Waals surface area (Å²) in [7, 11) is 1.60. The molecule has 0 saturated heterocycles. The number of aromatic nitrogens is 1. The van der Waals surface area contributed by atoms with Crippen LogP contribution in [0.1, 0.15) is 25.0 Å². The summed E-state index contributed by atoms with van der Waals surface area (Å²) in [5.41, 5.74) is 0.300. The summed E-state index contributed by atoms with van der Waals surface area (Å²) in [6.07, 6.45) is 2.48. The van der Waals surface area contributed by atoms with Gasteiger partial charge in [0.1, 0.15) is 5.82 Å². The number of nitrogens with zero attached hydrogens (tertiary/aromatic N) is 1. The van der Waals surface area contributed by atoms with Crippen LogP contribution in [0, 0.1) is 11.7 Å². The number of aliphatic hydroxyl groups excluding tert-OH is 1. The summed E-state index contributed by atoms with van der Waals surface area (Å²) in [6, 6.07) is 1.50. The molecule has 0 aliphatic heterocycles. The first-order valence-electron chi connectivity index (χ1n) is 4.93. The molecule has 0 aliphatic carbocycles. The maximum Gasteiger partial charge on any atom is 0.147 e. The van der Waals surface area contributed by atoms with E-state index in [1.165, 1.54) is 12.3 Å². The lowest BCUT2D eigenvalue weighted by Crippen LogP contribution is -2.13. The highest BCUT2D eigenvalue weighted by Gasteiger charge is 2.19. The quantitative estimate of drug-likeness (QED) is 0.812. The van der Waals surface area contributed by atoms with Gasteiger partial charge in [0.05, 0.1) is 12.3 Å². The summed E-state index contributed by atoms with van der Waals surface area (Å²) < 4.78 is 18.2. The normalized spacial score (nSPS) is 14.9. The molecule has 1 heterocycles. The Morgan fingerprint density at radius 3 is 2.93 bits per heavy atom. The molecule has 0 aromatic carbocycles. The number of ether oxygens (including phenoxy) is 1. The second kappa shape index (κ2) is 5.78. The van der Waals surface area contributed by atoms with Gasteiger partial charge in [-0.05, 0) is 18.4 Å². The number of halogens is 1. The number of pyridine rings is 1. The topological polar surface area (TPSA) is 42.4 Å². The van der Waals surface area contributed by atoms with Gasteiger partial charge in [0, 0.05) is 25.5 Å². The summed E-state index contributed by atoms with van der Waals surface area (Å²) in [6.45, 7) is 2.43. The number of hydrogen-bond acceptors (Lipinski definition) is 3. The fourth-order valence-corrected chi connectivity index (χ4v) is 1.39. The fraction of sp³-hybridized carbons (Fsp3) is 0.545. The number of hydrogen-bond donors (Lipinski definition) is 1. The number of methoxy groups -OCH3 is 1. The van der Waals surface area contributed by atoms with Gasteiger partial charge in [-0.2, -0.15) is 0 Å². The first-order valence-corrected chi connectivity index (χ1v) is 4.93. The Kier molecular flexibility index (Phi) is 4.65. The van der Waals surface area contributed by atoms with Crippen LogP contribution in [-0.4, -0.2) is 23.8 Å². The molecule has 0 aliphatic rings. The standard InChI is InChI=1S/C11H16FNO2/c1-8(4-6-15-2)11(14)9-3-5-13-7-10(9)12/h3,5,7-8,11,14H,4,6H2,1-2H3. The van der Waals surface area contributed by atoms with Crippen LogP contribution in [0.3, 0.4) is 0 Å². The molecule has 1 N–H and O–H groups in total. The fourth-order valence-electron chi connectivity index (χ4n) is 1.39. The molecule has 2 atom stereocenters. The highest BCUT2D eigenvalue weighted by atomic mass is 19.1. The molecule has 15 heavy (non-hydrogen) atoms. The molecule has 0 fully saturated rings. The highest BCUT2D eigenvalue weighted by molar-refractivity contribution is 5.16. The minimum atomic E-state index is -0.803. The zero-order valence-electron chi connectivity index (χ0n) is 8.98. The van der Waals surface area contributed by atoms with E-state index in [0.29, 0.717) is 18.6 Å². The predicted octanol–water partition coefficient (Wildman–Crippen LogP) is 1.93. The van der Waals surface area contributed by atoms with Gasteiger partial charge < -0.3 is 9.84 Å². The van der Waals surface area contributed by atoms with Crippen LogP contribution in [0.25, 0.3) is 0 Å². The predicted molar refractivity (Wildman–Crippen MR) is 54.8 cm³/mol. The van der Waals surface area contributed by atoms with Crippen molar-refractivity contribution in [3.63, 3.8) is 0 Å². The van der Waals surface area contributed by atoms with Gasteiger partial charge in [0.25, 0.3) is 0 Å². The zero-order chi connectivity index (χ0) is 11.3. The van der Waals surface area contributed by atoms with E-state index in [1.54, 1.807) is 7.11 Å². The second-order valence-corrected chi connectivity index (χ2v) is 3.60. The van der Waals surface area contributed by atoms with Gasteiger partial charge in [-0.15, -0.1) is 0 Å². The van der Waals surface area contributed by atoms with E-state index in [1.807, 2.05) is 6.92 Å². The Morgan fingerprint density at radius 2 is 2.33 bits per heavy atom. The van der Waals surface area contributed by atoms with Crippen LogP contribution >= 0.6 is 0 Å². The maximum atomic E-state index is 13.3. The minimum Gasteiger partial charge on any atom is -0.388 e. The Bertz CT molecular complexity index is 306. The second-order valence-electron chi connectivity index (χ2n) is 3.60. The highest BCUT2D eigenvalue weighted by Crippen LogP contribution is 2.25. The Labute approximate surface area is 88.9 Å². The van der Waals surface area contributed by atoms with Gasteiger partial charge in [-0.3, -0.25) is 4.98 Å². The van der Waals surface area contributed by atoms with Crippen molar-refractivity contribution in [2.24, 2.45) is 5.92 Å². The molecule has 1 aromatic heterocycles. The molecule has 1 aromatic rings. The molecule has 0 saturated carbocycles. The van der Waals surface area contributed by atoms with Crippen molar-refractivity contribution in [3.05, 3.63) is 29.8 Å². The average Bonchev–Trinajstić information content (AvgIpc) is 2.25. The molecule has 0 bridgehead atoms. The van der Waals surface area contributed by atoms with Crippen LogP contribution in [0.5, 0.6) is 0 Å². The molecular weight excluding hydrogens is 197 g/mol. The molecule has 4 heteroatoms. The molecule has 0 amide bonds. The van der Waals surface area contributed by atoms with Crippen molar-refractivity contribution >= 4 is 0 Å². The van der Waals surface area contributed by atoms with E-state index >= 15 is 0 Å². The van der Waals surface area contributed by atoms with Gasteiger partial charge in [0.2, 0.25) is 0 Å². The average molecular weight is 213 g/mol. The van der Waals surface area contributed by atoms with Crippen LogP contribution in [0.4, 0.5) is 4.39 Å². The molecule has 0 spiro atoms. The largest absolute Gasteiger partial charge is 0.388 e. The van der Waals surface area contributed by atoms with Crippen LogP contribution in [0.2, 0.25) is 0 Å². The Balaban J connectivity index is 2.67. The third-order valence-electron chi connectivity index (χ3n) is 2.44.